The summed E-state index contributed by atoms with van der Waals surface area (Å²) in [5.74, 6) is 0. The predicted octanol–water partition coefficient (Wildman–Crippen LogP) is 1.48. The molecule has 0 atom stereocenters. The fourth-order valence-corrected chi connectivity index (χ4v) is 1.33. The van der Waals surface area contributed by atoms with E-state index in [1.54, 1.807) is 17.0 Å². The number of hydrogen-bond donors (Lipinski definition) is 0. The van der Waals surface area contributed by atoms with Crippen molar-refractivity contribution in [3.8, 4) is 0 Å². The molecule has 0 N–H and O–H groups in total. The van der Waals surface area contributed by atoms with Gasteiger partial charge in [-0.3, -0.25) is 0 Å². The topological polar surface area (TPSA) is 32.8 Å². The summed E-state index contributed by atoms with van der Waals surface area (Å²) in [6, 6.07) is 0. The number of hydrogen-bond acceptors (Lipinski definition) is 3. The second-order valence-electron chi connectivity index (χ2n) is 3.35. The van der Waals surface area contributed by atoms with Crippen molar-refractivity contribution in [1.82, 2.24) is 9.96 Å². The van der Waals surface area contributed by atoms with Crippen LogP contribution in [0, 0.1) is 0 Å². The van der Waals surface area contributed by atoms with Gasteiger partial charge in [-0.1, -0.05) is 0 Å². The molecule has 0 unspecified atom stereocenters. The summed E-state index contributed by atoms with van der Waals surface area (Å²) in [5.41, 5.74) is 0. The molecule has 4 heteroatoms. The van der Waals surface area contributed by atoms with Gasteiger partial charge >= 0.3 is 6.09 Å². The average molecular weight is 186 g/mol. The molecule has 76 valence electrons. The Morgan fingerprint density at radius 2 is 2.00 bits per heavy atom. The van der Waals surface area contributed by atoms with Crippen molar-refractivity contribution in [3.05, 3.63) is 0 Å². The minimum Gasteiger partial charge on any atom is -0.351 e. The SMILES string of the molecule is CCN(C)OC(=O)N1CCCCC1. The Labute approximate surface area is 79.4 Å². The monoisotopic (exact) mass is 186 g/mol. The van der Waals surface area contributed by atoms with Crippen LogP contribution < -0.4 is 0 Å². The molecule has 0 aromatic carbocycles. The molecule has 1 heterocycles. The molecule has 1 amide bonds. The summed E-state index contributed by atoms with van der Waals surface area (Å²) >= 11 is 0. The summed E-state index contributed by atoms with van der Waals surface area (Å²) in [6.07, 6.45) is 3.23. The van der Waals surface area contributed by atoms with E-state index < -0.39 is 0 Å². The lowest BCUT2D eigenvalue weighted by Crippen LogP contribution is -2.39. The number of amides is 1. The smallest absolute Gasteiger partial charge is 0.351 e. The van der Waals surface area contributed by atoms with Crippen molar-refractivity contribution < 1.29 is 9.63 Å². The van der Waals surface area contributed by atoms with Crippen molar-refractivity contribution in [2.45, 2.75) is 26.2 Å². The molecule has 4 nitrogen and oxygen atoms in total. The van der Waals surface area contributed by atoms with Gasteiger partial charge in [-0.05, 0) is 26.2 Å². The van der Waals surface area contributed by atoms with Gasteiger partial charge < -0.3 is 9.74 Å². The highest BCUT2D eigenvalue weighted by Crippen LogP contribution is 2.09. The summed E-state index contributed by atoms with van der Waals surface area (Å²) < 4.78 is 0. The van der Waals surface area contributed by atoms with Crippen LogP contribution in [0.3, 0.4) is 0 Å². The van der Waals surface area contributed by atoms with Crippen LogP contribution in [0.1, 0.15) is 26.2 Å². The molecule has 1 saturated heterocycles. The maximum Gasteiger partial charge on any atom is 0.428 e. The zero-order valence-electron chi connectivity index (χ0n) is 8.45. The van der Waals surface area contributed by atoms with Crippen LogP contribution in [0.15, 0.2) is 0 Å². The van der Waals surface area contributed by atoms with E-state index in [2.05, 4.69) is 0 Å². The summed E-state index contributed by atoms with van der Waals surface area (Å²) in [6.45, 7) is 4.36. The van der Waals surface area contributed by atoms with Gasteiger partial charge in [-0.2, -0.15) is 0 Å². The van der Waals surface area contributed by atoms with Crippen LogP contribution in [0.5, 0.6) is 0 Å². The van der Waals surface area contributed by atoms with Crippen LogP contribution in [0.25, 0.3) is 0 Å². The van der Waals surface area contributed by atoms with E-state index in [-0.39, 0.29) is 6.09 Å². The largest absolute Gasteiger partial charge is 0.428 e. The molecule has 1 rings (SSSR count). The Bertz CT molecular complexity index is 167. The number of carbonyl (C=O) groups is 1. The minimum atomic E-state index is -0.205. The lowest BCUT2D eigenvalue weighted by atomic mass is 10.1. The van der Waals surface area contributed by atoms with Gasteiger partial charge in [0, 0.05) is 26.7 Å². The van der Waals surface area contributed by atoms with Crippen LogP contribution >= 0.6 is 0 Å². The van der Waals surface area contributed by atoms with Crippen molar-refractivity contribution in [2.75, 3.05) is 26.7 Å². The standard InChI is InChI=1S/C9H18N2O2/c1-3-10(2)13-9(12)11-7-5-4-6-8-11/h3-8H2,1-2H3. The third kappa shape index (κ3) is 3.22. The van der Waals surface area contributed by atoms with Crippen LogP contribution in [-0.4, -0.2) is 42.7 Å². The first-order chi connectivity index (χ1) is 6.24. The predicted molar refractivity (Wildman–Crippen MR) is 50.2 cm³/mol. The van der Waals surface area contributed by atoms with Crippen molar-refractivity contribution in [1.29, 1.82) is 0 Å². The molecule has 1 fully saturated rings. The van der Waals surface area contributed by atoms with Crippen molar-refractivity contribution in [2.24, 2.45) is 0 Å². The van der Waals surface area contributed by atoms with E-state index >= 15 is 0 Å². The second kappa shape index (κ2) is 5.07. The number of hydroxylamine groups is 2. The molecular weight excluding hydrogens is 168 g/mol. The van der Waals surface area contributed by atoms with Gasteiger partial charge in [-0.15, -0.1) is 5.06 Å². The van der Waals surface area contributed by atoms with Gasteiger partial charge in [0.25, 0.3) is 0 Å². The van der Waals surface area contributed by atoms with E-state index in [4.69, 9.17) is 4.84 Å². The molecule has 1 aliphatic heterocycles. The number of nitrogens with zero attached hydrogens (tertiary/aromatic N) is 2. The Kier molecular flexibility index (Phi) is 4.02. The van der Waals surface area contributed by atoms with E-state index in [0.29, 0.717) is 0 Å². The molecule has 0 aromatic heterocycles. The van der Waals surface area contributed by atoms with Crippen LogP contribution in [-0.2, 0) is 4.84 Å². The summed E-state index contributed by atoms with van der Waals surface area (Å²) in [7, 11) is 1.77. The second-order valence-corrected chi connectivity index (χ2v) is 3.35. The number of piperidine rings is 1. The normalized spacial score (nSPS) is 17.6. The molecule has 0 aromatic rings. The molecule has 0 bridgehead atoms. The van der Waals surface area contributed by atoms with E-state index in [0.717, 1.165) is 32.5 Å². The minimum absolute atomic E-state index is 0.205. The Morgan fingerprint density at radius 3 is 2.54 bits per heavy atom. The van der Waals surface area contributed by atoms with Crippen LogP contribution in [0.2, 0.25) is 0 Å². The first-order valence-electron chi connectivity index (χ1n) is 4.92. The molecule has 0 spiro atoms. The number of likely N-dealkylation sites (tertiary alicyclic amines) is 1. The molecule has 0 aliphatic carbocycles. The summed E-state index contributed by atoms with van der Waals surface area (Å²) in [4.78, 5) is 18.3. The quantitative estimate of drug-likeness (QED) is 0.612. The first kappa shape index (κ1) is 10.3. The van der Waals surface area contributed by atoms with Crippen molar-refractivity contribution in [3.63, 3.8) is 0 Å². The van der Waals surface area contributed by atoms with E-state index in [1.807, 2.05) is 6.92 Å². The molecule has 13 heavy (non-hydrogen) atoms. The van der Waals surface area contributed by atoms with Crippen LogP contribution in [0.4, 0.5) is 4.79 Å². The molecule has 0 saturated carbocycles. The highest BCUT2D eigenvalue weighted by molar-refractivity contribution is 5.67. The zero-order chi connectivity index (χ0) is 9.68. The molecule has 0 radical (unpaired) electrons. The Balaban J connectivity index is 2.29. The van der Waals surface area contributed by atoms with Crippen molar-refractivity contribution >= 4 is 6.09 Å². The first-order valence-corrected chi connectivity index (χ1v) is 4.92. The average Bonchev–Trinajstić information content (AvgIpc) is 2.19. The Morgan fingerprint density at radius 1 is 1.38 bits per heavy atom. The van der Waals surface area contributed by atoms with Gasteiger partial charge in [0.15, 0.2) is 0 Å². The third-order valence-corrected chi connectivity index (χ3v) is 2.29. The van der Waals surface area contributed by atoms with Gasteiger partial charge in [0.2, 0.25) is 0 Å². The highest BCUT2D eigenvalue weighted by atomic mass is 16.7. The maximum atomic E-state index is 11.4. The summed E-state index contributed by atoms with van der Waals surface area (Å²) in [5, 5.41) is 1.55. The molecule has 1 aliphatic rings. The zero-order valence-corrected chi connectivity index (χ0v) is 8.45. The number of rotatable bonds is 2. The molecular formula is C9H18N2O2. The van der Waals surface area contributed by atoms with Gasteiger partial charge in [0.1, 0.15) is 0 Å². The fourth-order valence-electron chi connectivity index (χ4n) is 1.33. The Hall–Kier alpha value is -0.770. The maximum absolute atomic E-state index is 11.4. The lowest BCUT2D eigenvalue weighted by Gasteiger charge is -2.27. The highest BCUT2D eigenvalue weighted by Gasteiger charge is 2.18. The lowest BCUT2D eigenvalue weighted by molar-refractivity contribution is -0.0894. The van der Waals surface area contributed by atoms with Gasteiger partial charge in [0.05, 0.1) is 0 Å². The fraction of sp³-hybridized carbons (Fsp3) is 0.889. The van der Waals surface area contributed by atoms with E-state index in [1.165, 1.54) is 6.42 Å². The van der Waals surface area contributed by atoms with E-state index in [9.17, 15) is 4.79 Å². The van der Waals surface area contributed by atoms with Gasteiger partial charge in [-0.25, -0.2) is 4.79 Å². The number of carbonyl (C=O) groups excluding carboxylic acids is 1. The third-order valence-electron chi connectivity index (χ3n) is 2.29.